The van der Waals surface area contributed by atoms with Gasteiger partial charge in [-0.2, -0.15) is 0 Å². The maximum Gasteiger partial charge on any atom is 0.270 e. The van der Waals surface area contributed by atoms with E-state index in [9.17, 15) is 4.79 Å². The first-order valence-corrected chi connectivity index (χ1v) is 13.5. The summed E-state index contributed by atoms with van der Waals surface area (Å²) in [6.07, 6.45) is 1.89. The van der Waals surface area contributed by atoms with E-state index in [-0.39, 0.29) is 5.91 Å². The van der Waals surface area contributed by atoms with Crippen molar-refractivity contribution in [2.24, 2.45) is 0 Å². The first-order valence-electron chi connectivity index (χ1n) is 10.1. The molecule has 168 valence electrons. The van der Waals surface area contributed by atoms with Gasteiger partial charge in [-0.25, -0.2) is 0 Å². The Morgan fingerprint density at radius 3 is 2.30 bits per heavy atom. The Hall–Kier alpha value is -1.63. The Morgan fingerprint density at radius 1 is 1.00 bits per heavy atom. The van der Waals surface area contributed by atoms with Gasteiger partial charge in [-0.05, 0) is 106 Å². The molecular formula is C25H19I2NO3S2. The van der Waals surface area contributed by atoms with Crippen LogP contribution in [0.25, 0.3) is 6.08 Å². The standard InChI is InChI=1S/C25H19I2NO3S2/c1-2-30-19-10-8-18(9-11-19)28-24(29)22(33-25(28)32)14-17-12-20(26)23(21(27)13-17)31-15-16-6-4-3-5-7-16/h3-14H,2,15H2,1H3. The molecule has 3 aromatic rings. The first kappa shape index (κ1) is 24.5. The van der Waals surface area contributed by atoms with Crippen LogP contribution in [-0.2, 0) is 11.4 Å². The van der Waals surface area contributed by atoms with Gasteiger partial charge in [0, 0.05) is 0 Å². The summed E-state index contributed by atoms with van der Waals surface area (Å²) in [7, 11) is 0. The topological polar surface area (TPSA) is 38.8 Å². The van der Waals surface area contributed by atoms with Crippen molar-refractivity contribution in [3.05, 3.63) is 89.9 Å². The molecule has 1 saturated heterocycles. The number of hydrogen-bond donors (Lipinski definition) is 0. The van der Waals surface area contributed by atoms with Gasteiger partial charge in [-0.15, -0.1) is 0 Å². The van der Waals surface area contributed by atoms with E-state index in [1.165, 1.54) is 11.8 Å². The van der Waals surface area contributed by atoms with Crippen LogP contribution in [-0.4, -0.2) is 16.8 Å². The van der Waals surface area contributed by atoms with Crippen molar-refractivity contribution in [2.45, 2.75) is 13.5 Å². The van der Waals surface area contributed by atoms with Crippen LogP contribution in [0.3, 0.4) is 0 Å². The van der Waals surface area contributed by atoms with E-state index < -0.39 is 0 Å². The highest BCUT2D eigenvalue weighted by Crippen LogP contribution is 2.38. The van der Waals surface area contributed by atoms with E-state index in [1.54, 1.807) is 4.90 Å². The van der Waals surface area contributed by atoms with Crippen molar-refractivity contribution in [2.75, 3.05) is 11.5 Å². The van der Waals surface area contributed by atoms with Crippen LogP contribution in [0.4, 0.5) is 5.69 Å². The third-order valence-electron chi connectivity index (χ3n) is 4.74. The Bertz CT molecular complexity index is 1190. The third kappa shape index (κ3) is 5.90. The monoisotopic (exact) mass is 699 g/mol. The smallest absolute Gasteiger partial charge is 0.270 e. The van der Waals surface area contributed by atoms with Crippen molar-refractivity contribution < 1.29 is 14.3 Å². The minimum atomic E-state index is -0.122. The van der Waals surface area contributed by atoms with Crippen molar-refractivity contribution >= 4 is 91.2 Å². The number of thiocarbonyl (C=S) groups is 1. The van der Waals surface area contributed by atoms with E-state index in [2.05, 4.69) is 45.2 Å². The van der Waals surface area contributed by atoms with Crippen LogP contribution in [0.15, 0.2) is 71.6 Å². The second-order valence-corrected chi connectivity index (χ2v) is 11.0. The lowest BCUT2D eigenvalue weighted by Crippen LogP contribution is -2.27. The molecule has 4 nitrogen and oxygen atoms in total. The van der Waals surface area contributed by atoms with Gasteiger partial charge in [-0.3, -0.25) is 9.69 Å². The molecule has 1 fully saturated rings. The van der Waals surface area contributed by atoms with Gasteiger partial charge in [0.25, 0.3) is 5.91 Å². The summed E-state index contributed by atoms with van der Waals surface area (Å²) in [6.45, 7) is 3.04. The highest BCUT2D eigenvalue weighted by atomic mass is 127. The maximum absolute atomic E-state index is 13.1. The van der Waals surface area contributed by atoms with Crippen molar-refractivity contribution in [3.8, 4) is 11.5 Å². The molecule has 0 spiro atoms. The molecule has 33 heavy (non-hydrogen) atoms. The third-order valence-corrected chi connectivity index (χ3v) is 7.65. The molecule has 0 bridgehead atoms. The molecule has 3 aromatic carbocycles. The number of thioether (sulfide) groups is 1. The van der Waals surface area contributed by atoms with Crippen LogP contribution in [0.2, 0.25) is 0 Å². The fourth-order valence-electron chi connectivity index (χ4n) is 3.23. The molecule has 1 heterocycles. The lowest BCUT2D eigenvalue weighted by molar-refractivity contribution is -0.113. The zero-order valence-electron chi connectivity index (χ0n) is 17.6. The normalized spacial score (nSPS) is 14.8. The number of benzene rings is 3. The first-order chi connectivity index (χ1) is 16.0. The molecule has 0 atom stereocenters. The van der Waals surface area contributed by atoms with Crippen molar-refractivity contribution in [1.29, 1.82) is 0 Å². The average molecular weight is 699 g/mol. The summed E-state index contributed by atoms with van der Waals surface area (Å²) in [4.78, 5) is 15.3. The van der Waals surface area contributed by atoms with Crippen LogP contribution in [0, 0.1) is 7.14 Å². The summed E-state index contributed by atoms with van der Waals surface area (Å²) in [6, 6.07) is 21.5. The Kier molecular flexibility index (Phi) is 8.31. The Balaban J connectivity index is 1.52. The number of nitrogens with zero attached hydrogens (tertiary/aromatic N) is 1. The van der Waals surface area contributed by atoms with Gasteiger partial charge in [0.15, 0.2) is 4.32 Å². The van der Waals surface area contributed by atoms with Gasteiger partial charge in [-0.1, -0.05) is 54.3 Å². The number of amides is 1. The highest BCUT2D eigenvalue weighted by molar-refractivity contribution is 14.1. The highest BCUT2D eigenvalue weighted by Gasteiger charge is 2.33. The van der Waals surface area contributed by atoms with E-state index in [0.717, 1.165) is 35.5 Å². The molecule has 1 amide bonds. The van der Waals surface area contributed by atoms with Crippen LogP contribution < -0.4 is 14.4 Å². The second kappa shape index (κ2) is 11.2. The van der Waals surface area contributed by atoms with Crippen LogP contribution in [0.5, 0.6) is 11.5 Å². The number of anilines is 1. The lowest BCUT2D eigenvalue weighted by atomic mass is 10.2. The van der Waals surface area contributed by atoms with Gasteiger partial charge < -0.3 is 9.47 Å². The number of carbonyl (C=O) groups excluding carboxylic acids is 1. The van der Waals surface area contributed by atoms with Crippen molar-refractivity contribution in [3.63, 3.8) is 0 Å². The Morgan fingerprint density at radius 2 is 1.67 bits per heavy atom. The van der Waals surface area contributed by atoms with Gasteiger partial charge in [0.05, 0.1) is 24.3 Å². The number of halogens is 2. The largest absolute Gasteiger partial charge is 0.494 e. The molecule has 1 aliphatic heterocycles. The number of carbonyl (C=O) groups is 1. The second-order valence-electron chi connectivity index (χ2n) is 7.03. The lowest BCUT2D eigenvalue weighted by Gasteiger charge is -2.15. The summed E-state index contributed by atoms with van der Waals surface area (Å²) < 4.78 is 14.1. The predicted octanol–water partition coefficient (Wildman–Crippen LogP) is 7.28. The quantitative estimate of drug-likeness (QED) is 0.147. The van der Waals surface area contributed by atoms with Gasteiger partial charge in [0.1, 0.15) is 18.1 Å². The summed E-state index contributed by atoms with van der Waals surface area (Å²) >= 11 is 11.4. The number of ether oxygens (including phenoxy) is 2. The molecule has 0 N–H and O–H groups in total. The summed E-state index contributed by atoms with van der Waals surface area (Å²) in [5, 5.41) is 0. The molecule has 0 aromatic heterocycles. The molecule has 0 aliphatic carbocycles. The zero-order valence-corrected chi connectivity index (χ0v) is 23.5. The summed E-state index contributed by atoms with van der Waals surface area (Å²) in [5.41, 5.74) is 2.78. The van der Waals surface area contributed by atoms with Crippen LogP contribution in [0.1, 0.15) is 18.1 Å². The minimum absolute atomic E-state index is 0.122. The molecular weight excluding hydrogens is 680 g/mol. The van der Waals surface area contributed by atoms with E-state index in [1.807, 2.05) is 79.7 Å². The van der Waals surface area contributed by atoms with E-state index in [4.69, 9.17) is 21.7 Å². The Labute approximate surface area is 230 Å². The van der Waals surface area contributed by atoms with Gasteiger partial charge >= 0.3 is 0 Å². The van der Waals surface area contributed by atoms with Crippen LogP contribution >= 0.6 is 69.2 Å². The molecule has 0 unspecified atom stereocenters. The fourth-order valence-corrected chi connectivity index (χ4v) is 6.66. The number of rotatable bonds is 7. The molecule has 4 rings (SSSR count). The van der Waals surface area contributed by atoms with Crippen molar-refractivity contribution in [1.82, 2.24) is 0 Å². The van der Waals surface area contributed by atoms with E-state index >= 15 is 0 Å². The van der Waals surface area contributed by atoms with Gasteiger partial charge in [0.2, 0.25) is 0 Å². The van der Waals surface area contributed by atoms with E-state index in [0.29, 0.717) is 22.4 Å². The summed E-state index contributed by atoms with van der Waals surface area (Å²) in [5.74, 6) is 1.49. The predicted molar refractivity (Wildman–Crippen MR) is 156 cm³/mol. The maximum atomic E-state index is 13.1. The fraction of sp³-hybridized carbons (Fsp3) is 0.120. The zero-order chi connectivity index (χ0) is 23.4. The molecule has 1 aliphatic rings. The number of hydrogen-bond acceptors (Lipinski definition) is 5. The SMILES string of the molecule is CCOc1ccc(N2C(=O)C(=Cc3cc(I)c(OCc4ccccc4)c(I)c3)SC2=S)cc1. The molecule has 0 radical (unpaired) electrons. The molecule has 0 saturated carbocycles. The average Bonchev–Trinajstić information content (AvgIpc) is 3.07. The molecule has 8 heteroatoms. The minimum Gasteiger partial charge on any atom is -0.494 e.